The number of nitrogens with one attached hydrogen (secondary N) is 2. The molecule has 0 aliphatic heterocycles. The predicted octanol–water partition coefficient (Wildman–Crippen LogP) is 4.81. The van der Waals surface area contributed by atoms with Crippen LogP contribution in [0, 0.1) is 6.92 Å². The zero-order chi connectivity index (χ0) is 20.0. The molecular formula is C22H24N2O3S. The van der Waals surface area contributed by atoms with Crippen molar-refractivity contribution in [1.29, 1.82) is 0 Å². The zero-order valence-corrected chi connectivity index (χ0v) is 16.8. The Kier molecular flexibility index (Phi) is 6.21. The monoisotopic (exact) mass is 396 g/mol. The molecule has 0 aromatic heterocycles. The van der Waals surface area contributed by atoms with Crippen molar-refractivity contribution in [1.82, 2.24) is 0 Å². The fourth-order valence-electron chi connectivity index (χ4n) is 2.66. The second-order valence-corrected chi connectivity index (χ2v) is 8.11. The first-order valence-corrected chi connectivity index (χ1v) is 10.6. The van der Waals surface area contributed by atoms with Crippen LogP contribution in [0.5, 0.6) is 5.75 Å². The summed E-state index contributed by atoms with van der Waals surface area (Å²) >= 11 is 0. The van der Waals surface area contributed by atoms with Gasteiger partial charge in [-0.05, 0) is 67.9 Å². The minimum absolute atomic E-state index is 0.192. The third-order valence-corrected chi connectivity index (χ3v) is 5.60. The normalized spacial score (nSPS) is 11.1. The number of sulfonamides is 1. The van der Waals surface area contributed by atoms with Crippen LogP contribution in [0.3, 0.4) is 0 Å². The maximum Gasteiger partial charge on any atom is 0.261 e. The molecule has 0 radical (unpaired) electrons. The largest absolute Gasteiger partial charge is 0.494 e. The van der Waals surface area contributed by atoms with Gasteiger partial charge >= 0.3 is 0 Å². The first-order valence-electron chi connectivity index (χ1n) is 9.11. The van der Waals surface area contributed by atoms with Crippen molar-refractivity contribution >= 4 is 21.4 Å². The van der Waals surface area contributed by atoms with Crippen molar-refractivity contribution in [2.45, 2.75) is 25.3 Å². The molecule has 0 bridgehead atoms. The predicted molar refractivity (Wildman–Crippen MR) is 113 cm³/mol. The molecular weight excluding hydrogens is 372 g/mol. The van der Waals surface area contributed by atoms with Gasteiger partial charge < -0.3 is 10.1 Å². The summed E-state index contributed by atoms with van der Waals surface area (Å²) in [6.45, 7) is 5.18. The lowest BCUT2D eigenvalue weighted by Crippen LogP contribution is -2.12. The summed E-state index contributed by atoms with van der Waals surface area (Å²) in [4.78, 5) is 0.192. The molecule has 3 aromatic rings. The number of ether oxygens (including phenoxy) is 1. The highest BCUT2D eigenvalue weighted by atomic mass is 32.2. The SMILES string of the molecule is CCOc1ccc(S(=O)(=O)Nc2ccc(NCc3ccc(C)cc3)cc2)cc1. The summed E-state index contributed by atoms with van der Waals surface area (Å²) in [5, 5.41) is 3.33. The Hall–Kier alpha value is -2.99. The number of hydrogen-bond donors (Lipinski definition) is 2. The third-order valence-electron chi connectivity index (χ3n) is 4.20. The Morgan fingerprint density at radius 3 is 2.04 bits per heavy atom. The lowest BCUT2D eigenvalue weighted by Gasteiger charge is -2.11. The number of aryl methyl sites for hydroxylation is 1. The van der Waals surface area contributed by atoms with Crippen molar-refractivity contribution in [3.63, 3.8) is 0 Å². The highest BCUT2D eigenvalue weighted by Gasteiger charge is 2.14. The number of hydrogen-bond acceptors (Lipinski definition) is 4. The molecule has 0 aliphatic carbocycles. The van der Waals surface area contributed by atoms with E-state index in [1.807, 2.05) is 19.1 Å². The van der Waals surface area contributed by atoms with Crippen molar-refractivity contribution in [2.75, 3.05) is 16.6 Å². The Labute approximate surface area is 166 Å². The molecule has 0 amide bonds. The molecule has 6 heteroatoms. The fourth-order valence-corrected chi connectivity index (χ4v) is 3.72. The maximum atomic E-state index is 12.5. The second kappa shape index (κ2) is 8.80. The summed E-state index contributed by atoms with van der Waals surface area (Å²) in [6.07, 6.45) is 0. The lowest BCUT2D eigenvalue weighted by molar-refractivity contribution is 0.340. The molecule has 2 N–H and O–H groups in total. The third kappa shape index (κ3) is 5.27. The molecule has 0 fully saturated rings. The van der Waals surface area contributed by atoms with E-state index in [1.54, 1.807) is 24.3 Å². The van der Waals surface area contributed by atoms with E-state index >= 15 is 0 Å². The first-order chi connectivity index (χ1) is 13.5. The van der Waals surface area contributed by atoms with Crippen LogP contribution in [0.2, 0.25) is 0 Å². The molecule has 0 saturated carbocycles. The van der Waals surface area contributed by atoms with Gasteiger partial charge in [-0.3, -0.25) is 4.72 Å². The van der Waals surface area contributed by atoms with Gasteiger partial charge in [-0.15, -0.1) is 0 Å². The van der Waals surface area contributed by atoms with Crippen LogP contribution in [0.15, 0.2) is 77.7 Å². The highest BCUT2D eigenvalue weighted by molar-refractivity contribution is 7.92. The Bertz CT molecular complexity index is 997. The van der Waals surface area contributed by atoms with E-state index in [-0.39, 0.29) is 4.90 Å². The minimum Gasteiger partial charge on any atom is -0.494 e. The van der Waals surface area contributed by atoms with E-state index in [2.05, 4.69) is 41.2 Å². The molecule has 28 heavy (non-hydrogen) atoms. The van der Waals surface area contributed by atoms with Crippen molar-refractivity contribution in [3.8, 4) is 5.75 Å². The number of benzene rings is 3. The fraction of sp³-hybridized carbons (Fsp3) is 0.182. The van der Waals surface area contributed by atoms with Crippen LogP contribution < -0.4 is 14.8 Å². The van der Waals surface area contributed by atoms with Gasteiger partial charge in [-0.25, -0.2) is 8.42 Å². The Morgan fingerprint density at radius 1 is 0.821 bits per heavy atom. The number of rotatable bonds is 8. The average Bonchev–Trinajstić information content (AvgIpc) is 2.69. The van der Waals surface area contributed by atoms with Crippen LogP contribution >= 0.6 is 0 Å². The molecule has 3 aromatic carbocycles. The van der Waals surface area contributed by atoms with Crippen molar-refractivity contribution in [2.24, 2.45) is 0 Å². The first kappa shape index (κ1) is 19.8. The van der Waals surface area contributed by atoms with E-state index in [1.165, 1.54) is 23.3 Å². The van der Waals surface area contributed by atoms with Crippen LogP contribution in [-0.4, -0.2) is 15.0 Å². The van der Waals surface area contributed by atoms with E-state index in [0.29, 0.717) is 24.6 Å². The molecule has 0 saturated heterocycles. The van der Waals surface area contributed by atoms with Crippen LogP contribution in [-0.2, 0) is 16.6 Å². The maximum absolute atomic E-state index is 12.5. The standard InChI is InChI=1S/C22H24N2O3S/c1-3-27-21-12-14-22(15-13-21)28(25,26)24-20-10-8-19(9-11-20)23-16-18-6-4-17(2)5-7-18/h4-15,23-24H,3,16H2,1-2H3. The summed E-state index contributed by atoms with van der Waals surface area (Å²) in [6, 6.07) is 21.9. The van der Waals surface area contributed by atoms with Gasteiger partial charge in [0.05, 0.1) is 11.5 Å². The smallest absolute Gasteiger partial charge is 0.261 e. The van der Waals surface area contributed by atoms with Crippen molar-refractivity contribution < 1.29 is 13.2 Å². The van der Waals surface area contributed by atoms with Gasteiger partial charge in [-0.1, -0.05) is 29.8 Å². The zero-order valence-electron chi connectivity index (χ0n) is 16.0. The van der Waals surface area contributed by atoms with E-state index in [4.69, 9.17) is 4.74 Å². The van der Waals surface area contributed by atoms with Gasteiger partial charge in [-0.2, -0.15) is 0 Å². The lowest BCUT2D eigenvalue weighted by atomic mass is 10.1. The van der Waals surface area contributed by atoms with Gasteiger partial charge in [0.15, 0.2) is 0 Å². The topological polar surface area (TPSA) is 67.4 Å². The molecule has 0 unspecified atom stereocenters. The summed E-state index contributed by atoms with van der Waals surface area (Å²) in [7, 11) is -3.64. The molecule has 0 aliphatic rings. The summed E-state index contributed by atoms with van der Waals surface area (Å²) in [5.74, 6) is 0.644. The molecule has 146 valence electrons. The van der Waals surface area contributed by atoms with Gasteiger partial charge in [0, 0.05) is 17.9 Å². The summed E-state index contributed by atoms with van der Waals surface area (Å²) in [5.41, 5.74) is 3.85. The highest BCUT2D eigenvalue weighted by Crippen LogP contribution is 2.21. The minimum atomic E-state index is -3.64. The van der Waals surface area contributed by atoms with Crippen molar-refractivity contribution in [3.05, 3.63) is 83.9 Å². The molecule has 0 spiro atoms. The second-order valence-electron chi connectivity index (χ2n) is 6.43. The van der Waals surface area contributed by atoms with E-state index in [9.17, 15) is 8.42 Å². The van der Waals surface area contributed by atoms with E-state index in [0.717, 1.165) is 5.69 Å². The molecule has 0 atom stereocenters. The average molecular weight is 397 g/mol. The van der Waals surface area contributed by atoms with Crippen LogP contribution in [0.1, 0.15) is 18.1 Å². The van der Waals surface area contributed by atoms with Gasteiger partial charge in [0.1, 0.15) is 5.75 Å². The van der Waals surface area contributed by atoms with Crippen LogP contribution in [0.25, 0.3) is 0 Å². The molecule has 5 nitrogen and oxygen atoms in total. The van der Waals surface area contributed by atoms with Gasteiger partial charge in [0.25, 0.3) is 10.0 Å². The number of anilines is 2. The molecule has 0 heterocycles. The molecule has 3 rings (SSSR count). The van der Waals surface area contributed by atoms with Gasteiger partial charge in [0.2, 0.25) is 0 Å². The van der Waals surface area contributed by atoms with Crippen LogP contribution in [0.4, 0.5) is 11.4 Å². The summed E-state index contributed by atoms with van der Waals surface area (Å²) < 4.78 is 33.0. The quantitative estimate of drug-likeness (QED) is 0.574. The Balaban J connectivity index is 1.61. The van der Waals surface area contributed by atoms with E-state index < -0.39 is 10.0 Å². The Morgan fingerprint density at radius 2 is 1.43 bits per heavy atom.